The van der Waals surface area contributed by atoms with Crippen LogP contribution in [0.5, 0.6) is 11.5 Å². The van der Waals surface area contributed by atoms with Gasteiger partial charge in [-0.2, -0.15) is 0 Å². The van der Waals surface area contributed by atoms with Gasteiger partial charge in [0.2, 0.25) is 0 Å². The van der Waals surface area contributed by atoms with Crippen molar-refractivity contribution in [1.82, 2.24) is 0 Å². The smallest absolute Gasteiger partial charge is 0.119 e. The first-order valence-electron chi connectivity index (χ1n) is 16.2. The Morgan fingerprint density at radius 3 is 1.48 bits per heavy atom. The van der Waals surface area contributed by atoms with E-state index < -0.39 is 5.41 Å². The molecule has 0 fully saturated rings. The fourth-order valence-electron chi connectivity index (χ4n) is 7.36. The van der Waals surface area contributed by atoms with Crippen LogP contribution in [-0.4, -0.2) is 13.2 Å². The number of rotatable bonds is 9. The molecule has 46 heavy (non-hydrogen) atoms. The molecule has 0 radical (unpaired) electrons. The van der Waals surface area contributed by atoms with E-state index in [2.05, 4.69) is 158 Å². The SMILES string of the molecule is CCOc1ccc(C2(c3ccc(OCC)cc3C)c3ccccc3-c3ccc(N(c4ccccc4)c4ccccc4)cc32)c(C)c1. The second kappa shape index (κ2) is 12.3. The first kappa shape index (κ1) is 29.4. The lowest BCUT2D eigenvalue weighted by Crippen LogP contribution is -2.31. The zero-order chi connectivity index (χ0) is 31.7. The van der Waals surface area contributed by atoms with E-state index in [1.54, 1.807) is 0 Å². The van der Waals surface area contributed by atoms with Gasteiger partial charge in [-0.3, -0.25) is 0 Å². The highest BCUT2D eigenvalue weighted by atomic mass is 16.5. The van der Waals surface area contributed by atoms with E-state index in [0.717, 1.165) is 28.6 Å². The molecule has 6 aromatic rings. The second-order valence-electron chi connectivity index (χ2n) is 11.9. The summed E-state index contributed by atoms with van der Waals surface area (Å²) in [6.07, 6.45) is 0. The normalized spacial score (nSPS) is 12.7. The molecular formula is C43H39NO2. The molecule has 0 spiro atoms. The molecule has 228 valence electrons. The van der Waals surface area contributed by atoms with Crippen molar-refractivity contribution in [2.75, 3.05) is 18.1 Å². The van der Waals surface area contributed by atoms with Gasteiger partial charge in [-0.25, -0.2) is 0 Å². The van der Waals surface area contributed by atoms with Crippen LogP contribution in [0.1, 0.15) is 47.2 Å². The van der Waals surface area contributed by atoms with Crippen LogP contribution >= 0.6 is 0 Å². The average Bonchev–Trinajstić information content (AvgIpc) is 3.36. The van der Waals surface area contributed by atoms with Crippen molar-refractivity contribution in [3.8, 4) is 22.6 Å². The fourth-order valence-corrected chi connectivity index (χ4v) is 7.36. The van der Waals surface area contributed by atoms with Crippen LogP contribution in [0.15, 0.2) is 140 Å². The first-order chi connectivity index (χ1) is 22.6. The van der Waals surface area contributed by atoms with Crippen molar-refractivity contribution in [2.45, 2.75) is 33.1 Å². The Morgan fingerprint density at radius 1 is 0.457 bits per heavy atom. The van der Waals surface area contributed by atoms with E-state index in [9.17, 15) is 0 Å². The number of benzene rings is 6. The predicted molar refractivity (Wildman–Crippen MR) is 190 cm³/mol. The Labute approximate surface area is 272 Å². The van der Waals surface area contributed by atoms with Gasteiger partial charge in [0, 0.05) is 17.1 Å². The molecule has 6 aromatic carbocycles. The summed E-state index contributed by atoms with van der Waals surface area (Å²) < 4.78 is 11.9. The molecule has 3 nitrogen and oxygen atoms in total. The Morgan fingerprint density at radius 2 is 0.957 bits per heavy atom. The molecule has 0 aliphatic heterocycles. The van der Waals surface area contributed by atoms with E-state index in [-0.39, 0.29) is 0 Å². The van der Waals surface area contributed by atoms with Gasteiger partial charge in [0.25, 0.3) is 0 Å². The molecule has 0 unspecified atom stereocenters. The molecule has 1 aliphatic carbocycles. The molecule has 0 N–H and O–H groups in total. The van der Waals surface area contributed by atoms with Crippen LogP contribution in [0, 0.1) is 13.8 Å². The van der Waals surface area contributed by atoms with Crippen molar-refractivity contribution in [3.63, 3.8) is 0 Å². The van der Waals surface area contributed by atoms with Gasteiger partial charge >= 0.3 is 0 Å². The van der Waals surface area contributed by atoms with Crippen LogP contribution in [0.25, 0.3) is 11.1 Å². The number of ether oxygens (including phenoxy) is 2. The maximum atomic E-state index is 5.97. The Bertz CT molecular complexity index is 1900. The summed E-state index contributed by atoms with van der Waals surface area (Å²) in [7, 11) is 0. The van der Waals surface area contributed by atoms with Gasteiger partial charge in [-0.1, -0.05) is 78.9 Å². The van der Waals surface area contributed by atoms with E-state index in [1.165, 1.54) is 44.5 Å². The van der Waals surface area contributed by atoms with Gasteiger partial charge in [-0.05, 0) is 133 Å². The van der Waals surface area contributed by atoms with Crippen molar-refractivity contribution >= 4 is 17.1 Å². The third kappa shape index (κ3) is 4.84. The minimum atomic E-state index is -0.565. The maximum Gasteiger partial charge on any atom is 0.119 e. The summed E-state index contributed by atoms with van der Waals surface area (Å²) in [6, 6.07) is 50.4. The molecular weight excluding hydrogens is 562 g/mol. The van der Waals surface area contributed by atoms with Gasteiger partial charge in [0.15, 0.2) is 0 Å². The minimum absolute atomic E-state index is 0.565. The van der Waals surface area contributed by atoms with Crippen LogP contribution < -0.4 is 14.4 Å². The molecule has 0 bridgehead atoms. The number of aryl methyl sites for hydroxylation is 2. The van der Waals surface area contributed by atoms with Gasteiger partial charge < -0.3 is 14.4 Å². The number of fused-ring (bicyclic) bond motifs is 3. The minimum Gasteiger partial charge on any atom is -0.494 e. The Kier molecular flexibility index (Phi) is 7.84. The highest BCUT2D eigenvalue weighted by molar-refractivity contribution is 5.90. The van der Waals surface area contributed by atoms with Crippen molar-refractivity contribution < 1.29 is 9.47 Å². The summed E-state index contributed by atoms with van der Waals surface area (Å²) in [4.78, 5) is 2.35. The zero-order valence-corrected chi connectivity index (χ0v) is 27.0. The largest absolute Gasteiger partial charge is 0.494 e. The molecule has 1 aliphatic rings. The van der Waals surface area contributed by atoms with Crippen LogP contribution in [0.3, 0.4) is 0 Å². The lowest BCUT2D eigenvalue weighted by molar-refractivity contribution is 0.340. The predicted octanol–water partition coefficient (Wildman–Crippen LogP) is 10.9. The molecule has 0 aromatic heterocycles. The summed E-state index contributed by atoms with van der Waals surface area (Å²) >= 11 is 0. The lowest BCUT2D eigenvalue weighted by atomic mass is 9.65. The highest BCUT2D eigenvalue weighted by Crippen LogP contribution is 2.58. The quantitative estimate of drug-likeness (QED) is 0.164. The lowest BCUT2D eigenvalue weighted by Gasteiger charge is -2.37. The molecule has 3 heteroatoms. The molecule has 0 heterocycles. The van der Waals surface area contributed by atoms with E-state index in [0.29, 0.717) is 13.2 Å². The summed E-state index contributed by atoms with van der Waals surface area (Å²) in [5, 5.41) is 0. The standard InChI is InChI=1S/C43H39NO2/c1-5-45-35-22-25-39(30(3)27-35)43(40-26-23-36(46-6-2)28-31(40)4)41-20-14-13-19-37(41)38-24-21-34(29-42(38)43)44(32-15-9-7-10-16-32)33-17-11-8-12-18-33/h7-29H,5-6H2,1-4H3. The van der Waals surface area contributed by atoms with Gasteiger partial charge in [0.05, 0.1) is 18.6 Å². The molecule has 0 saturated carbocycles. The number of para-hydroxylation sites is 2. The molecule has 0 amide bonds. The summed E-state index contributed by atoms with van der Waals surface area (Å²) in [6.45, 7) is 9.76. The third-order valence-electron chi connectivity index (χ3n) is 9.14. The Hall–Kier alpha value is -5.28. The Balaban J connectivity index is 1.56. The zero-order valence-electron chi connectivity index (χ0n) is 27.0. The topological polar surface area (TPSA) is 21.7 Å². The van der Waals surface area contributed by atoms with Crippen molar-refractivity contribution in [3.05, 3.63) is 173 Å². The van der Waals surface area contributed by atoms with E-state index in [4.69, 9.17) is 9.47 Å². The monoisotopic (exact) mass is 601 g/mol. The fraction of sp³-hybridized carbons (Fsp3) is 0.163. The van der Waals surface area contributed by atoms with Crippen LogP contribution in [0.2, 0.25) is 0 Å². The van der Waals surface area contributed by atoms with Crippen LogP contribution in [0.4, 0.5) is 17.1 Å². The average molecular weight is 602 g/mol. The van der Waals surface area contributed by atoms with Crippen molar-refractivity contribution in [2.24, 2.45) is 0 Å². The molecule has 7 rings (SSSR count). The summed E-state index contributed by atoms with van der Waals surface area (Å²) in [5.74, 6) is 1.78. The maximum absolute atomic E-state index is 5.97. The highest BCUT2D eigenvalue weighted by Gasteiger charge is 2.48. The number of hydrogen-bond donors (Lipinski definition) is 0. The van der Waals surface area contributed by atoms with Crippen molar-refractivity contribution in [1.29, 1.82) is 0 Å². The number of anilines is 3. The first-order valence-corrected chi connectivity index (χ1v) is 16.2. The van der Waals surface area contributed by atoms with Gasteiger partial charge in [0.1, 0.15) is 11.5 Å². The number of hydrogen-bond acceptors (Lipinski definition) is 3. The molecule has 0 atom stereocenters. The van der Waals surface area contributed by atoms with E-state index >= 15 is 0 Å². The summed E-state index contributed by atoms with van der Waals surface area (Å²) in [5.41, 5.74) is 12.7. The number of nitrogens with zero attached hydrogens (tertiary/aromatic N) is 1. The second-order valence-corrected chi connectivity index (χ2v) is 11.9. The van der Waals surface area contributed by atoms with Gasteiger partial charge in [-0.15, -0.1) is 0 Å². The third-order valence-corrected chi connectivity index (χ3v) is 9.14. The molecule has 0 saturated heterocycles. The van der Waals surface area contributed by atoms with E-state index in [1.807, 2.05) is 13.8 Å². The van der Waals surface area contributed by atoms with Crippen LogP contribution in [-0.2, 0) is 5.41 Å².